The van der Waals surface area contributed by atoms with E-state index < -0.39 is 0 Å². The molecule has 7 nitrogen and oxygen atoms in total. The van der Waals surface area contributed by atoms with Crippen molar-refractivity contribution in [3.05, 3.63) is 54.4 Å². The average molecular weight is 447 g/mol. The maximum absolute atomic E-state index is 12.5. The number of likely N-dealkylation sites (tertiary alicyclic amines) is 2. The standard InChI is InChI=1S/C26H30N4O3/c1-18(19(2)31)28-13-9-22(10-14-28)33-23-5-7-25(27-17-23)30-15-8-20-16-21(4-6-24(20)30)26(32)29-11-3-12-29/h4-8,15-18,22H,3,9-14H2,1-2H3. The summed E-state index contributed by atoms with van der Waals surface area (Å²) in [5.41, 5.74) is 1.75. The second-order valence-electron chi connectivity index (χ2n) is 9.10. The minimum absolute atomic E-state index is 0.0202. The fourth-order valence-electron chi connectivity index (χ4n) is 4.59. The van der Waals surface area contributed by atoms with Gasteiger partial charge in [-0.05, 0) is 69.5 Å². The van der Waals surface area contributed by atoms with Gasteiger partial charge in [0, 0.05) is 43.3 Å². The zero-order chi connectivity index (χ0) is 22.9. The number of Topliss-reactive ketones (excluding diaryl/α,β-unsaturated/α-hetero) is 1. The number of nitrogens with zero attached hydrogens (tertiary/aromatic N) is 4. The number of fused-ring (bicyclic) bond motifs is 1. The molecular formula is C26H30N4O3. The van der Waals surface area contributed by atoms with E-state index >= 15 is 0 Å². The summed E-state index contributed by atoms with van der Waals surface area (Å²) in [5.74, 6) is 1.89. The van der Waals surface area contributed by atoms with Crippen molar-refractivity contribution in [3.63, 3.8) is 0 Å². The van der Waals surface area contributed by atoms with Gasteiger partial charge in [-0.2, -0.15) is 0 Å². The number of piperidine rings is 1. The predicted molar refractivity (Wildman–Crippen MR) is 127 cm³/mol. The van der Waals surface area contributed by atoms with Crippen molar-refractivity contribution in [1.82, 2.24) is 19.4 Å². The van der Waals surface area contributed by atoms with Gasteiger partial charge in [-0.15, -0.1) is 0 Å². The largest absolute Gasteiger partial charge is 0.489 e. The Morgan fingerprint density at radius 1 is 1.06 bits per heavy atom. The van der Waals surface area contributed by atoms with Gasteiger partial charge in [0.15, 0.2) is 0 Å². The van der Waals surface area contributed by atoms with Crippen LogP contribution in [0.4, 0.5) is 0 Å². The summed E-state index contributed by atoms with van der Waals surface area (Å²) in [6.07, 6.45) is 6.79. The van der Waals surface area contributed by atoms with Crippen LogP contribution in [0.1, 0.15) is 43.5 Å². The number of ketones is 1. The van der Waals surface area contributed by atoms with Gasteiger partial charge in [0.1, 0.15) is 23.5 Å². The fourth-order valence-corrected chi connectivity index (χ4v) is 4.59. The highest BCUT2D eigenvalue weighted by molar-refractivity contribution is 5.98. The third-order valence-electron chi connectivity index (χ3n) is 6.96. The number of aromatic nitrogens is 2. The number of hydrogen-bond acceptors (Lipinski definition) is 5. The molecule has 2 fully saturated rings. The van der Waals surface area contributed by atoms with Crippen molar-refractivity contribution >= 4 is 22.6 Å². The number of hydrogen-bond donors (Lipinski definition) is 0. The Morgan fingerprint density at radius 2 is 1.85 bits per heavy atom. The fraction of sp³-hybridized carbons (Fsp3) is 0.423. The smallest absolute Gasteiger partial charge is 0.253 e. The molecule has 4 heterocycles. The molecule has 1 atom stereocenters. The minimum Gasteiger partial charge on any atom is -0.489 e. The van der Waals surface area contributed by atoms with Crippen molar-refractivity contribution in [1.29, 1.82) is 0 Å². The lowest BCUT2D eigenvalue weighted by Crippen LogP contribution is -2.45. The van der Waals surface area contributed by atoms with Gasteiger partial charge < -0.3 is 14.2 Å². The predicted octanol–water partition coefficient (Wildman–Crippen LogP) is 3.69. The lowest BCUT2D eigenvalue weighted by atomic mass is 10.0. The van der Waals surface area contributed by atoms with Gasteiger partial charge in [-0.25, -0.2) is 4.98 Å². The van der Waals surface area contributed by atoms with Gasteiger partial charge in [-0.1, -0.05) is 0 Å². The summed E-state index contributed by atoms with van der Waals surface area (Å²) in [4.78, 5) is 32.8. The van der Waals surface area contributed by atoms with Crippen molar-refractivity contribution in [3.8, 4) is 11.6 Å². The number of benzene rings is 1. The molecule has 3 aromatic rings. The molecule has 33 heavy (non-hydrogen) atoms. The van der Waals surface area contributed by atoms with Crippen LogP contribution in [-0.4, -0.2) is 69.4 Å². The van der Waals surface area contributed by atoms with E-state index in [4.69, 9.17) is 4.74 Å². The zero-order valence-corrected chi connectivity index (χ0v) is 19.2. The summed E-state index contributed by atoms with van der Waals surface area (Å²) >= 11 is 0. The van der Waals surface area contributed by atoms with Gasteiger partial charge in [0.05, 0.1) is 17.8 Å². The normalized spacial score (nSPS) is 18.2. The summed E-state index contributed by atoms with van der Waals surface area (Å²) in [5, 5.41) is 1.02. The Hall–Kier alpha value is -3.19. The number of rotatable bonds is 6. The van der Waals surface area contributed by atoms with E-state index in [9.17, 15) is 9.59 Å². The molecule has 1 unspecified atom stereocenters. The van der Waals surface area contributed by atoms with Crippen molar-refractivity contribution in [2.24, 2.45) is 0 Å². The van der Waals surface area contributed by atoms with Gasteiger partial charge in [0.2, 0.25) is 0 Å². The van der Waals surface area contributed by atoms with Crippen LogP contribution in [0.5, 0.6) is 5.75 Å². The molecule has 0 aliphatic carbocycles. The highest BCUT2D eigenvalue weighted by Gasteiger charge is 2.26. The van der Waals surface area contributed by atoms with Gasteiger partial charge in [-0.3, -0.25) is 14.5 Å². The summed E-state index contributed by atoms with van der Waals surface area (Å²) in [6, 6.07) is 11.8. The number of carbonyl (C=O) groups excluding carboxylic acids is 2. The first kappa shape index (κ1) is 21.6. The van der Waals surface area contributed by atoms with E-state index in [0.29, 0.717) is 0 Å². The molecule has 2 aliphatic heterocycles. The highest BCUT2D eigenvalue weighted by atomic mass is 16.5. The molecule has 1 amide bonds. The lowest BCUT2D eigenvalue weighted by Gasteiger charge is -2.34. The Balaban J connectivity index is 1.24. The number of ether oxygens (including phenoxy) is 1. The van der Waals surface area contributed by atoms with E-state index in [-0.39, 0.29) is 23.8 Å². The molecule has 0 radical (unpaired) electrons. The summed E-state index contributed by atoms with van der Waals surface area (Å²) in [7, 11) is 0. The topological polar surface area (TPSA) is 67.7 Å². The number of pyridine rings is 1. The quantitative estimate of drug-likeness (QED) is 0.578. The maximum atomic E-state index is 12.5. The molecule has 2 saturated heterocycles. The Bertz CT molecular complexity index is 1160. The van der Waals surface area contributed by atoms with Crippen LogP contribution in [0.25, 0.3) is 16.7 Å². The average Bonchev–Trinajstić information content (AvgIpc) is 3.21. The third kappa shape index (κ3) is 4.37. The second-order valence-corrected chi connectivity index (χ2v) is 9.10. The first-order chi connectivity index (χ1) is 16.0. The highest BCUT2D eigenvalue weighted by Crippen LogP contribution is 2.25. The van der Waals surface area contributed by atoms with Crippen molar-refractivity contribution in [2.45, 2.75) is 45.3 Å². The van der Waals surface area contributed by atoms with Crippen molar-refractivity contribution < 1.29 is 14.3 Å². The zero-order valence-electron chi connectivity index (χ0n) is 19.2. The Morgan fingerprint density at radius 3 is 2.48 bits per heavy atom. The molecule has 7 heteroatoms. The molecule has 1 aromatic carbocycles. The molecule has 0 spiro atoms. The lowest BCUT2D eigenvalue weighted by molar-refractivity contribution is -0.122. The van der Waals surface area contributed by atoms with Gasteiger partial charge in [0.25, 0.3) is 5.91 Å². The third-order valence-corrected chi connectivity index (χ3v) is 6.96. The molecular weight excluding hydrogens is 416 g/mol. The van der Waals surface area contributed by atoms with E-state index in [1.165, 1.54) is 0 Å². The van der Waals surface area contributed by atoms with Crippen LogP contribution in [0, 0.1) is 0 Å². The van der Waals surface area contributed by atoms with E-state index in [0.717, 1.165) is 73.5 Å². The first-order valence-electron chi connectivity index (χ1n) is 11.8. The second kappa shape index (κ2) is 8.98. The van der Waals surface area contributed by atoms with Crippen LogP contribution >= 0.6 is 0 Å². The van der Waals surface area contributed by atoms with Gasteiger partial charge >= 0.3 is 0 Å². The monoisotopic (exact) mass is 446 g/mol. The Kier molecular flexibility index (Phi) is 5.89. The molecule has 0 saturated carbocycles. The van der Waals surface area contributed by atoms with Crippen LogP contribution < -0.4 is 4.74 Å². The molecule has 2 aromatic heterocycles. The van der Waals surface area contributed by atoms with E-state index in [2.05, 4.69) is 9.88 Å². The molecule has 0 N–H and O–H groups in total. The van der Waals surface area contributed by atoms with Crippen LogP contribution in [0.2, 0.25) is 0 Å². The summed E-state index contributed by atoms with van der Waals surface area (Å²) < 4.78 is 8.19. The number of carbonyl (C=O) groups is 2. The first-order valence-corrected chi connectivity index (χ1v) is 11.8. The van der Waals surface area contributed by atoms with Crippen molar-refractivity contribution in [2.75, 3.05) is 26.2 Å². The summed E-state index contributed by atoms with van der Waals surface area (Å²) in [6.45, 7) is 7.07. The van der Waals surface area contributed by atoms with Crippen LogP contribution in [0.15, 0.2) is 48.8 Å². The minimum atomic E-state index is -0.0202. The molecule has 5 rings (SSSR count). The molecule has 0 bridgehead atoms. The van der Waals surface area contributed by atoms with E-state index in [1.807, 2.05) is 59.0 Å². The van der Waals surface area contributed by atoms with Crippen LogP contribution in [-0.2, 0) is 4.79 Å². The molecule has 172 valence electrons. The Labute approximate surface area is 193 Å². The SMILES string of the molecule is CC(=O)C(C)N1CCC(Oc2ccc(-n3ccc4cc(C(=O)N5CCC5)ccc43)nc2)CC1. The molecule has 2 aliphatic rings. The van der Waals surface area contributed by atoms with E-state index in [1.54, 1.807) is 13.1 Å². The van der Waals surface area contributed by atoms with Crippen LogP contribution in [0.3, 0.4) is 0 Å². The number of amides is 1. The maximum Gasteiger partial charge on any atom is 0.253 e.